The summed E-state index contributed by atoms with van der Waals surface area (Å²) in [6.07, 6.45) is 0.940. The number of hydrogen-bond acceptors (Lipinski definition) is 2. The van der Waals surface area contributed by atoms with Crippen molar-refractivity contribution in [3.05, 3.63) is 65.7 Å². The largest absolute Gasteiger partial charge is 0.356 e. The highest BCUT2D eigenvalue weighted by molar-refractivity contribution is 7.80. The number of rotatable bonds is 5. The van der Waals surface area contributed by atoms with E-state index in [-0.39, 0.29) is 11.8 Å². The van der Waals surface area contributed by atoms with Gasteiger partial charge in [-0.05, 0) is 55.4 Å². The Kier molecular flexibility index (Phi) is 5.67. The van der Waals surface area contributed by atoms with Crippen LogP contribution in [0, 0.1) is 0 Å². The van der Waals surface area contributed by atoms with Crippen molar-refractivity contribution in [3.8, 4) is 0 Å². The van der Waals surface area contributed by atoms with Crippen LogP contribution in [0.5, 0.6) is 0 Å². The van der Waals surface area contributed by atoms with Crippen molar-refractivity contribution in [2.75, 3.05) is 5.32 Å². The molecule has 4 heteroatoms. The van der Waals surface area contributed by atoms with Crippen LogP contribution in [0.4, 0.5) is 5.69 Å². The number of carbonyl (C=O) groups is 1. The second-order valence-electron chi connectivity index (χ2n) is 5.10. The third-order valence-corrected chi connectivity index (χ3v) is 3.68. The summed E-state index contributed by atoms with van der Waals surface area (Å²) >= 11 is 5.37. The summed E-state index contributed by atoms with van der Waals surface area (Å²) in [5.41, 5.74) is 2.77. The number of thiocarbonyl (C=S) groups is 1. The smallest absolute Gasteiger partial charge is 0.171 e. The normalized spacial score (nSPS) is 11.5. The molecule has 0 heterocycles. The van der Waals surface area contributed by atoms with Gasteiger partial charge in [0.05, 0.1) is 6.04 Å². The molecule has 0 aromatic heterocycles. The van der Waals surface area contributed by atoms with Crippen molar-refractivity contribution < 1.29 is 4.79 Å². The number of hydrogen-bond donors (Lipinski definition) is 2. The van der Waals surface area contributed by atoms with E-state index >= 15 is 0 Å². The molecule has 0 spiro atoms. The average molecular weight is 312 g/mol. The maximum Gasteiger partial charge on any atom is 0.171 e. The van der Waals surface area contributed by atoms with Crippen LogP contribution in [0.15, 0.2) is 54.6 Å². The first-order valence-electron chi connectivity index (χ1n) is 7.33. The average Bonchev–Trinajstić information content (AvgIpc) is 2.54. The van der Waals surface area contributed by atoms with E-state index in [0.717, 1.165) is 12.1 Å². The van der Waals surface area contributed by atoms with Crippen LogP contribution in [0.1, 0.15) is 42.2 Å². The Morgan fingerprint density at radius 3 is 2.27 bits per heavy atom. The summed E-state index contributed by atoms with van der Waals surface area (Å²) < 4.78 is 0. The van der Waals surface area contributed by atoms with Crippen molar-refractivity contribution in [1.29, 1.82) is 0 Å². The van der Waals surface area contributed by atoms with E-state index in [1.54, 1.807) is 19.1 Å². The first-order chi connectivity index (χ1) is 10.6. The molecule has 22 heavy (non-hydrogen) atoms. The Balaban J connectivity index is 1.98. The fourth-order valence-corrected chi connectivity index (χ4v) is 2.48. The highest BCUT2D eigenvalue weighted by Gasteiger charge is 2.10. The molecule has 0 amide bonds. The number of Topliss-reactive ketones (excluding diaryl/α,β-unsaturated/α-hetero) is 1. The van der Waals surface area contributed by atoms with Gasteiger partial charge in [0.1, 0.15) is 0 Å². The van der Waals surface area contributed by atoms with Crippen LogP contribution < -0.4 is 10.6 Å². The van der Waals surface area contributed by atoms with Crippen molar-refractivity contribution in [2.24, 2.45) is 0 Å². The summed E-state index contributed by atoms with van der Waals surface area (Å²) in [5, 5.41) is 7.05. The first-order valence-corrected chi connectivity index (χ1v) is 7.74. The Bertz CT molecular complexity index is 638. The molecule has 0 saturated carbocycles. The molecular weight excluding hydrogens is 292 g/mol. The molecule has 0 aliphatic carbocycles. The van der Waals surface area contributed by atoms with Gasteiger partial charge < -0.3 is 10.6 Å². The van der Waals surface area contributed by atoms with Crippen LogP contribution in [0.3, 0.4) is 0 Å². The SMILES string of the molecule is CCC(NC(=S)Nc1ccc(C(C)=O)cc1)c1ccccc1. The highest BCUT2D eigenvalue weighted by atomic mass is 32.1. The number of anilines is 1. The summed E-state index contributed by atoms with van der Waals surface area (Å²) in [4.78, 5) is 11.3. The first kappa shape index (κ1) is 16.2. The van der Waals surface area contributed by atoms with Gasteiger partial charge in [0.25, 0.3) is 0 Å². The lowest BCUT2D eigenvalue weighted by molar-refractivity contribution is 0.101. The third kappa shape index (κ3) is 4.40. The molecular formula is C18H20N2OS. The Labute approximate surface area is 136 Å². The lowest BCUT2D eigenvalue weighted by atomic mass is 10.1. The number of ketones is 1. The van der Waals surface area contributed by atoms with Gasteiger partial charge >= 0.3 is 0 Å². The minimum Gasteiger partial charge on any atom is -0.356 e. The van der Waals surface area contributed by atoms with Gasteiger partial charge in [-0.15, -0.1) is 0 Å². The molecule has 0 radical (unpaired) electrons. The van der Waals surface area contributed by atoms with Gasteiger partial charge in [-0.2, -0.15) is 0 Å². The minimum atomic E-state index is 0.0578. The molecule has 0 aliphatic rings. The van der Waals surface area contributed by atoms with Gasteiger partial charge in [0, 0.05) is 11.3 Å². The van der Waals surface area contributed by atoms with E-state index < -0.39 is 0 Å². The van der Waals surface area contributed by atoms with Crippen LogP contribution in [0.25, 0.3) is 0 Å². The minimum absolute atomic E-state index is 0.0578. The van der Waals surface area contributed by atoms with Gasteiger partial charge in [-0.3, -0.25) is 4.79 Å². The van der Waals surface area contributed by atoms with Crippen LogP contribution >= 0.6 is 12.2 Å². The molecule has 0 fully saturated rings. The maximum absolute atomic E-state index is 11.3. The second-order valence-corrected chi connectivity index (χ2v) is 5.51. The van der Waals surface area contributed by atoms with Crippen molar-refractivity contribution in [2.45, 2.75) is 26.3 Å². The molecule has 0 bridgehead atoms. The quantitative estimate of drug-likeness (QED) is 0.637. The van der Waals surface area contributed by atoms with E-state index in [4.69, 9.17) is 12.2 Å². The predicted octanol–water partition coefficient (Wildman–Crippen LogP) is 4.33. The molecule has 1 unspecified atom stereocenters. The molecule has 1 atom stereocenters. The van der Waals surface area contributed by atoms with Gasteiger partial charge in [-0.1, -0.05) is 37.3 Å². The molecule has 2 rings (SSSR count). The standard InChI is InChI=1S/C18H20N2OS/c1-3-17(15-7-5-4-6-8-15)20-18(22)19-16-11-9-14(10-12-16)13(2)21/h4-12,17H,3H2,1-2H3,(H2,19,20,22). The van der Waals surface area contributed by atoms with E-state index in [9.17, 15) is 4.79 Å². The second kappa shape index (κ2) is 7.71. The van der Waals surface area contributed by atoms with Gasteiger partial charge in [0.2, 0.25) is 0 Å². The fourth-order valence-electron chi connectivity index (χ4n) is 2.22. The van der Waals surface area contributed by atoms with Gasteiger partial charge in [0.15, 0.2) is 10.9 Å². The molecule has 0 saturated heterocycles. The van der Waals surface area contributed by atoms with Crippen molar-refractivity contribution >= 4 is 28.8 Å². The third-order valence-electron chi connectivity index (χ3n) is 3.46. The predicted molar refractivity (Wildman–Crippen MR) is 95.3 cm³/mol. The summed E-state index contributed by atoms with van der Waals surface area (Å²) in [5.74, 6) is 0.0578. The monoisotopic (exact) mass is 312 g/mol. The Hall–Kier alpha value is -2.20. The lowest BCUT2D eigenvalue weighted by Crippen LogP contribution is -2.32. The molecule has 2 N–H and O–H groups in total. The lowest BCUT2D eigenvalue weighted by Gasteiger charge is -2.20. The fraction of sp³-hybridized carbons (Fsp3) is 0.222. The van der Waals surface area contributed by atoms with Crippen LogP contribution in [0.2, 0.25) is 0 Å². The molecule has 3 nitrogen and oxygen atoms in total. The number of benzene rings is 2. The van der Waals surface area contributed by atoms with E-state index in [0.29, 0.717) is 10.7 Å². The Morgan fingerprint density at radius 2 is 1.73 bits per heavy atom. The number of carbonyl (C=O) groups excluding carboxylic acids is 1. The Morgan fingerprint density at radius 1 is 1.09 bits per heavy atom. The molecule has 0 aliphatic heterocycles. The maximum atomic E-state index is 11.3. The molecule has 2 aromatic rings. The van der Waals surface area contributed by atoms with E-state index in [1.807, 2.05) is 30.3 Å². The van der Waals surface area contributed by atoms with Crippen LogP contribution in [-0.4, -0.2) is 10.9 Å². The summed E-state index contributed by atoms with van der Waals surface area (Å²) in [7, 11) is 0. The zero-order valence-electron chi connectivity index (χ0n) is 12.8. The molecule has 114 valence electrons. The zero-order chi connectivity index (χ0) is 15.9. The van der Waals surface area contributed by atoms with E-state index in [1.165, 1.54) is 5.56 Å². The van der Waals surface area contributed by atoms with Crippen LogP contribution in [-0.2, 0) is 0 Å². The topological polar surface area (TPSA) is 41.1 Å². The molecule has 2 aromatic carbocycles. The zero-order valence-corrected chi connectivity index (χ0v) is 13.6. The highest BCUT2D eigenvalue weighted by Crippen LogP contribution is 2.16. The van der Waals surface area contributed by atoms with E-state index in [2.05, 4.69) is 29.7 Å². The summed E-state index contributed by atoms with van der Waals surface area (Å²) in [6.45, 7) is 3.68. The van der Waals surface area contributed by atoms with Gasteiger partial charge in [-0.25, -0.2) is 0 Å². The van der Waals surface area contributed by atoms with Crippen molar-refractivity contribution in [1.82, 2.24) is 5.32 Å². The van der Waals surface area contributed by atoms with Crippen molar-refractivity contribution in [3.63, 3.8) is 0 Å². The number of nitrogens with one attached hydrogen (secondary N) is 2. The summed E-state index contributed by atoms with van der Waals surface area (Å²) in [6, 6.07) is 17.7.